The molecule has 1 aromatic rings. The Bertz CT molecular complexity index is 587. The van der Waals surface area contributed by atoms with Crippen LogP contribution >= 0.6 is 11.8 Å². The SMILES string of the molecule is CC1SCCN(Cc2cccc(S(=O)(=O)N(C)C)c2)C1C. The first-order valence-electron chi connectivity index (χ1n) is 7.19. The average molecular weight is 329 g/mol. The van der Waals surface area contributed by atoms with E-state index < -0.39 is 10.0 Å². The molecule has 21 heavy (non-hydrogen) atoms. The van der Waals surface area contributed by atoms with Crippen molar-refractivity contribution in [3.8, 4) is 0 Å². The summed E-state index contributed by atoms with van der Waals surface area (Å²) in [6.45, 7) is 6.37. The average Bonchev–Trinajstić information content (AvgIpc) is 2.44. The van der Waals surface area contributed by atoms with E-state index in [9.17, 15) is 8.42 Å². The molecule has 1 fully saturated rings. The van der Waals surface area contributed by atoms with Gasteiger partial charge in [0.15, 0.2) is 0 Å². The van der Waals surface area contributed by atoms with Gasteiger partial charge in [0.1, 0.15) is 0 Å². The zero-order valence-electron chi connectivity index (χ0n) is 13.1. The van der Waals surface area contributed by atoms with E-state index in [0.717, 1.165) is 24.4 Å². The number of sulfonamides is 1. The van der Waals surface area contributed by atoms with E-state index in [4.69, 9.17) is 0 Å². The maximum absolute atomic E-state index is 12.2. The van der Waals surface area contributed by atoms with Gasteiger partial charge in [0, 0.05) is 44.2 Å². The lowest BCUT2D eigenvalue weighted by molar-refractivity contribution is 0.204. The summed E-state index contributed by atoms with van der Waals surface area (Å²) >= 11 is 2.01. The van der Waals surface area contributed by atoms with Crippen molar-refractivity contribution >= 4 is 21.8 Å². The molecule has 1 saturated heterocycles. The standard InChI is InChI=1S/C15H24N2O2S2/c1-12-13(2)20-9-8-17(12)11-14-6-5-7-15(10-14)21(18,19)16(3)4/h5-7,10,12-13H,8-9,11H2,1-4H3. The molecule has 2 atom stereocenters. The predicted molar refractivity (Wildman–Crippen MR) is 89.1 cm³/mol. The van der Waals surface area contributed by atoms with Gasteiger partial charge in [0.25, 0.3) is 0 Å². The Morgan fingerprint density at radius 2 is 2.05 bits per heavy atom. The summed E-state index contributed by atoms with van der Waals surface area (Å²) < 4.78 is 25.7. The van der Waals surface area contributed by atoms with Gasteiger partial charge in [0.05, 0.1) is 4.90 Å². The number of hydrogen-bond acceptors (Lipinski definition) is 4. The monoisotopic (exact) mass is 328 g/mol. The lowest BCUT2D eigenvalue weighted by Gasteiger charge is -2.37. The van der Waals surface area contributed by atoms with Crippen LogP contribution in [0.2, 0.25) is 0 Å². The number of rotatable bonds is 4. The zero-order chi connectivity index (χ0) is 15.6. The van der Waals surface area contributed by atoms with Gasteiger partial charge < -0.3 is 0 Å². The van der Waals surface area contributed by atoms with Crippen LogP contribution in [-0.4, -0.2) is 55.3 Å². The second kappa shape index (κ2) is 6.69. The molecular formula is C15H24N2O2S2. The molecule has 4 nitrogen and oxygen atoms in total. The van der Waals surface area contributed by atoms with Gasteiger partial charge in [-0.15, -0.1) is 0 Å². The highest BCUT2D eigenvalue weighted by molar-refractivity contribution is 8.00. The fourth-order valence-corrected chi connectivity index (χ4v) is 4.60. The van der Waals surface area contributed by atoms with Crippen molar-refractivity contribution in [3.63, 3.8) is 0 Å². The summed E-state index contributed by atoms with van der Waals surface area (Å²) in [6, 6.07) is 7.82. The summed E-state index contributed by atoms with van der Waals surface area (Å²) in [7, 11) is -0.228. The maximum Gasteiger partial charge on any atom is 0.242 e. The molecule has 0 aliphatic carbocycles. The molecule has 6 heteroatoms. The van der Waals surface area contributed by atoms with Crippen molar-refractivity contribution in [3.05, 3.63) is 29.8 Å². The third kappa shape index (κ3) is 3.80. The van der Waals surface area contributed by atoms with E-state index in [1.807, 2.05) is 23.9 Å². The van der Waals surface area contributed by atoms with Gasteiger partial charge in [-0.05, 0) is 24.6 Å². The molecule has 0 aromatic heterocycles. The third-order valence-corrected chi connectivity index (χ3v) is 7.23. The predicted octanol–water partition coefficient (Wildman–Crippen LogP) is 2.26. The molecule has 0 N–H and O–H groups in total. The largest absolute Gasteiger partial charge is 0.295 e. The third-order valence-electron chi connectivity index (χ3n) is 4.08. The fraction of sp³-hybridized carbons (Fsp3) is 0.600. The molecule has 0 radical (unpaired) electrons. The minimum Gasteiger partial charge on any atom is -0.295 e. The van der Waals surface area contributed by atoms with Crippen LogP contribution in [0.15, 0.2) is 29.2 Å². The number of nitrogens with zero attached hydrogens (tertiary/aromatic N) is 2. The number of thioether (sulfide) groups is 1. The van der Waals surface area contributed by atoms with E-state index in [1.165, 1.54) is 4.31 Å². The summed E-state index contributed by atoms with van der Waals surface area (Å²) in [4.78, 5) is 2.81. The van der Waals surface area contributed by atoms with Crippen molar-refractivity contribution in [2.75, 3.05) is 26.4 Å². The van der Waals surface area contributed by atoms with E-state index in [2.05, 4.69) is 18.7 Å². The normalized spacial score (nSPS) is 24.4. The Hall–Kier alpha value is -0.560. The summed E-state index contributed by atoms with van der Waals surface area (Å²) in [5.41, 5.74) is 1.06. The van der Waals surface area contributed by atoms with Gasteiger partial charge >= 0.3 is 0 Å². The van der Waals surface area contributed by atoms with Gasteiger partial charge in [-0.25, -0.2) is 12.7 Å². The molecule has 0 spiro atoms. The van der Waals surface area contributed by atoms with Gasteiger partial charge in [-0.1, -0.05) is 19.1 Å². The van der Waals surface area contributed by atoms with E-state index in [0.29, 0.717) is 16.2 Å². The van der Waals surface area contributed by atoms with Crippen LogP contribution in [0.25, 0.3) is 0 Å². The molecular weight excluding hydrogens is 304 g/mol. The van der Waals surface area contributed by atoms with Crippen molar-refractivity contribution in [2.45, 2.75) is 36.6 Å². The Morgan fingerprint density at radius 3 is 2.71 bits per heavy atom. The quantitative estimate of drug-likeness (QED) is 0.850. The highest BCUT2D eigenvalue weighted by Crippen LogP contribution is 2.26. The first-order chi connectivity index (χ1) is 9.82. The highest BCUT2D eigenvalue weighted by Gasteiger charge is 2.25. The number of benzene rings is 1. The van der Waals surface area contributed by atoms with Gasteiger partial charge in [-0.2, -0.15) is 11.8 Å². The summed E-state index contributed by atoms with van der Waals surface area (Å²) in [5, 5.41) is 0.618. The van der Waals surface area contributed by atoms with E-state index >= 15 is 0 Å². The fourth-order valence-electron chi connectivity index (χ4n) is 2.47. The Morgan fingerprint density at radius 1 is 1.33 bits per heavy atom. The Balaban J connectivity index is 2.19. The van der Waals surface area contributed by atoms with Crippen LogP contribution in [0.3, 0.4) is 0 Å². The summed E-state index contributed by atoms with van der Waals surface area (Å²) in [6.07, 6.45) is 0. The molecule has 1 aliphatic rings. The molecule has 0 amide bonds. The molecule has 2 unspecified atom stereocenters. The van der Waals surface area contributed by atoms with Crippen LogP contribution in [0, 0.1) is 0 Å². The highest BCUT2D eigenvalue weighted by atomic mass is 32.2. The van der Waals surface area contributed by atoms with Gasteiger partial charge in [-0.3, -0.25) is 4.90 Å². The second-order valence-electron chi connectivity index (χ2n) is 5.72. The molecule has 2 rings (SSSR count). The maximum atomic E-state index is 12.2. The van der Waals surface area contributed by atoms with E-state index in [-0.39, 0.29) is 0 Å². The minimum atomic E-state index is -3.35. The molecule has 118 valence electrons. The molecule has 1 aliphatic heterocycles. The number of hydrogen-bond donors (Lipinski definition) is 0. The van der Waals surface area contributed by atoms with Crippen molar-refractivity contribution in [2.24, 2.45) is 0 Å². The van der Waals surface area contributed by atoms with Crippen LogP contribution in [-0.2, 0) is 16.6 Å². The van der Waals surface area contributed by atoms with Crippen molar-refractivity contribution in [1.29, 1.82) is 0 Å². The van der Waals surface area contributed by atoms with Crippen LogP contribution in [0.4, 0.5) is 0 Å². The van der Waals surface area contributed by atoms with Crippen LogP contribution < -0.4 is 0 Å². The van der Waals surface area contributed by atoms with E-state index in [1.54, 1.807) is 26.2 Å². The zero-order valence-corrected chi connectivity index (χ0v) is 14.7. The lowest BCUT2D eigenvalue weighted by Crippen LogP contribution is -2.43. The topological polar surface area (TPSA) is 40.6 Å². The lowest BCUT2D eigenvalue weighted by atomic mass is 10.1. The molecule has 1 aromatic carbocycles. The Kier molecular flexibility index (Phi) is 5.35. The Labute approximate surface area is 132 Å². The molecule has 0 bridgehead atoms. The summed E-state index contributed by atoms with van der Waals surface area (Å²) in [5.74, 6) is 1.14. The second-order valence-corrected chi connectivity index (χ2v) is 9.36. The van der Waals surface area contributed by atoms with Crippen molar-refractivity contribution < 1.29 is 8.42 Å². The van der Waals surface area contributed by atoms with Gasteiger partial charge in [0.2, 0.25) is 10.0 Å². The molecule has 0 saturated carbocycles. The minimum absolute atomic E-state index is 0.372. The van der Waals surface area contributed by atoms with Crippen molar-refractivity contribution in [1.82, 2.24) is 9.21 Å². The first kappa shape index (κ1) is 16.8. The molecule has 1 heterocycles. The van der Waals surface area contributed by atoms with Crippen LogP contribution in [0.1, 0.15) is 19.4 Å². The van der Waals surface area contributed by atoms with Crippen LogP contribution in [0.5, 0.6) is 0 Å². The first-order valence-corrected chi connectivity index (χ1v) is 9.68. The smallest absolute Gasteiger partial charge is 0.242 e.